The number of nitro benzene ring substituents is 1. The van der Waals surface area contributed by atoms with Crippen LogP contribution in [0.3, 0.4) is 0 Å². The second-order valence-electron chi connectivity index (χ2n) is 4.62. The molecule has 0 spiro atoms. The van der Waals surface area contributed by atoms with Crippen LogP contribution in [0.5, 0.6) is 0 Å². The maximum absolute atomic E-state index is 11.2. The number of hydrogen-bond acceptors (Lipinski definition) is 3. The van der Waals surface area contributed by atoms with Gasteiger partial charge in [0.25, 0.3) is 5.69 Å². The lowest BCUT2D eigenvalue weighted by Crippen LogP contribution is -2.09. The Kier molecular flexibility index (Phi) is 4.25. The molecule has 0 saturated heterocycles. The molecule has 0 heterocycles. The average Bonchev–Trinajstić information content (AvgIpc) is 2.38. The second kappa shape index (κ2) is 5.92. The Morgan fingerprint density at radius 1 is 1.20 bits per heavy atom. The first kappa shape index (κ1) is 14.3. The largest absolute Gasteiger partial charge is 0.373 e. The fourth-order valence-corrected chi connectivity index (χ4v) is 2.45. The summed E-state index contributed by atoms with van der Waals surface area (Å²) in [4.78, 5) is 10.8. The zero-order valence-corrected chi connectivity index (χ0v) is 12.0. The quantitative estimate of drug-likeness (QED) is 0.654. The summed E-state index contributed by atoms with van der Waals surface area (Å²) >= 11 is 6.15. The Bertz CT molecular complexity index is 644. The van der Waals surface area contributed by atoms with E-state index in [2.05, 4.69) is 5.32 Å². The van der Waals surface area contributed by atoms with Gasteiger partial charge < -0.3 is 5.32 Å². The van der Waals surface area contributed by atoms with Gasteiger partial charge in [-0.2, -0.15) is 0 Å². The topological polar surface area (TPSA) is 55.2 Å². The lowest BCUT2D eigenvalue weighted by molar-refractivity contribution is -0.384. The minimum atomic E-state index is -0.364. The van der Waals surface area contributed by atoms with E-state index in [-0.39, 0.29) is 16.7 Å². The number of nitrogens with one attached hydrogen (secondary N) is 1. The predicted molar refractivity (Wildman–Crippen MR) is 81.3 cm³/mol. The van der Waals surface area contributed by atoms with Gasteiger partial charge in [-0.05, 0) is 31.5 Å². The number of para-hydroxylation sites is 1. The van der Waals surface area contributed by atoms with Gasteiger partial charge in [-0.15, -0.1) is 0 Å². The van der Waals surface area contributed by atoms with Crippen LogP contribution in [-0.2, 0) is 0 Å². The van der Waals surface area contributed by atoms with Crippen molar-refractivity contribution < 1.29 is 4.92 Å². The monoisotopic (exact) mass is 290 g/mol. The smallest absolute Gasteiger partial charge is 0.295 e. The van der Waals surface area contributed by atoms with Gasteiger partial charge in [-0.3, -0.25) is 10.1 Å². The van der Waals surface area contributed by atoms with Gasteiger partial charge in [0.1, 0.15) is 5.69 Å². The first-order valence-electron chi connectivity index (χ1n) is 6.25. The third-order valence-electron chi connectivity index (χ3n) is 3.16. The summed E-state index contributed by atoms with van der Waals surface area (Å²) in [6, 6.07) is 12.6. The molecule has 0 saturated carbocycles. The van der Waals surface area contributed by atoms with E-state index < -0.39 is 0 Å². The number of hydrogen-bond donors (Lipinski definition) is 1. The Morgan fingerprint density at radius 2 is 1.90 bits per heavy atom. The van der Waals surface area contributed by atoms with Gasteiger partial charge in [-0.1, -0.05) is 41.9 Å². The molecule has 5 heteroatoms. The molecule has 0 aliphatic heterocycles. The highest BCUT2D eigenvalue weighted by molar-refractivity contribution is 6.31. The number of benzene rings is 2. The van der Waals surface area contributed by atoms with Crippen LogP contribution in [0.4, 0.5) is 11.4 Å². The van der Waals surface area contributed by atoms with E-state index in [1.165, 1.54) is 0 Å². The van der Waals surface area contributed by atoms with Crippen molar-refractivity contribution in [2.24, 2.45) is 0 Å². The van der Waals surface area contributed by atoms with Crippen LogP contribution in [0.1, 0.15) is 24.1 Å². The second-order valence-corrected chi connectivity index (χ2v) is 5.02. The summed E-state index contributed by atoms with van der Waals surface area (Å²) in [5.41, 5.74) is 2.14. The van der Waals surface area contributed by atoms with E-state index in [4.69, 9.17) is 11.6 Å². The Labute approximate surface area is 122 Å². The molecule has 1 atom stereocenters. The van der Waals surface area contributed by atoms with Gasteiger partial charge in [-0.25, -0.2) is 0 Å². The van der Waals surface area contributed by atoms with Crippen LogP contribution in [0.25, 0.3) is 0 Å². The molecule has 2 aromatic rings. The third kappa shape index (κ3) is 2.91. The minimum Gasteiger partial charge on any atom is -0.373 e. The van der Waals surface area contributed by atoms with Crippen LogP contribution in [0, 0.1) is 17.0 Å². The van der Waals surface area contributed by atoms with Gasteiger partial charge in [0.15, 0.2) is 0 Å². The number of halogens is 1. The highest BCUT2D eigenvalue weighted by Gasteiger charge is 2.19. The van der Waals surface area contributed by atoms with Crippen LogP contribution in [0.2, 0.25) is 5.02 Å². The number of nitrogens with zero attached hydrogens (tertiary/aromatic N) is 1. The summed E-state index contributed by atoms with van der Waals surface area (Å²) in [5.74, 6) is 0. The molecule has 0 fully saturated rings. The summed E-state index contributed by atoms with van der Waals surface area (Å²) in [6.07, 6.45) is 0. The van der Waals surface area contributed by atoms with E-state index in [9.17, 15) is 10.1 Å². The molecule has 0 radical (unpaired) electrons. The Morgan fingerprint density at radius 3 is 2.55 bits per heavy atom. The first-order valence-corrected chi connectivity index (χ1v) is 6.63. The molecule has 104 valence electrons. The summed E-state index contributed by atoms with van der Waals surface area (Å²) in [7, 11) is 0. The van der Waals surface area contributed by atoms with E-state index in [1.807, 2.05) is 25.1 Å². The van der Waals surface area contributed by atoms with Crippen molar-refractivity contribution in [3.8, 4) is 0 Å². The zero-order valence-electron chi connectivity index (χ0n) is 11.3. The molecule has 0 bridgehead atoms. The molecule has 2 rings (SSSR count). The van der Waals surface area contributed by atoms with Crippen molar-refractivity contribution >= 4 is 23.0 Å². The molecular formula is C15H15ClN2O2. The Hall–Kier alpha value is -2.07. The third-order valence-corrected chi connectivity index (χ3v) is 3.51. The molecule has 0 aliphatic carbocycles. The van der Waals surface area contributed by atoms with E-state index >= 15 is 0 Å². The minimum absolute atomic E-state index is 0.103. The summed E-state index contributed by atoms with van der Waals surface area (Å²) < 4.78 is 0. The number of rotatable bonds is 4. The molecule has 0 aliphatic rings. The highest BCUT2D eigenvalue weighted by Crippen LogP contribution is 2.32. The fraction of sp³-hybridized carbons (Fsp3) is 0.200. The predicted octanol–water partition coefficient (Wildman–Crippen LogP) is 4.73. The normalized spacial score (nSPS) is 11.9. The molecule has 20 heavy (non-hydrogen) atoms. The average molecular weight is 291 g/mol. The molecule has 1 unspecified atom stereocenters. The van der Waals surface area contributed by atoms with Gasteiger partial charge >= 0.3 is 0 Å². The molecule has 2 aromatic carbocycles. The van der Waals surface area contributed by atoms with Crippen molar-refractivity contribution in [2.75, 3.05) is 5.32 Å². The van der Waals surface area contributed by atoms with Crippen molar-refractivity contribution in [1.29, 1.82) is 0 Å². The van der Waals surface area contributed by atoms with Crippen molar-refractivity contribution in [3.05, 3.63) is 68.7 Å². The van der Waals surface area contributed by atoms with Crippen LogP contribution in [0.15, 0.2) is 42.5 Å². The van der Waals surface area contributed by atoms with Gasteiger partial charge in [0, 0.05) is 10.6 Å². The maximum atomic E-state index is 11.2. The maximum Gasteiger partial charge on any atom is 0.295 e. The van der Waals surface area contributed by atoms with E-state index in [0.717, 1.165) is 5.56 Å². The molecular weight excluding hydrogens is 276 g/mol. The fourth-order valence-electron chi connectivity index (χ4n) is 2.16. The number of nitro groups is 1. The van der Waals surface area contributed by atoms with Gasteiger partial charge in [0.05, 0.1) is 11.0 Å². The zero-order chi connectivity index (χ0) is 14.7. The van der Waals surface area contributed by atoms with Gasteiger partial charge in [0.2, 0.25) is 0 Å². The first-order chi connectivity index (χ1) is 9.50. The molecule has 0 amide bonds. The van der Waals surface area contributed by atoms with E-state index in [1.54, 1.807) is 31.2 Å². The Balaban J connectivity index is 2.33. The van der Waals surface area contributed by atoms with Crippen LogP contribution >= 0.6 is 11.6 Å². The van der Waals surface area contributed by atoms with Crippen LogP contribution in [-0.4, -0.2) is 4.92 Å². The molecule has 0 aromatic heterocycles. The van der Waals surface area contributed by atoms with Crippen molar-refractivity contribution in [2.45, 2.75) is 19.9 Å². The molecule has 1 N–H and O–H groups in total. The lowest BCUT2D eigenvalue weighted by Gasteiger charge is -2.17. The lowest BCUT2D eigenvalue weighted by atomic mass is 10.1. The van der Waals surface area contributed by atoms with Crippen molar-refractivity contribution in [1.82, 2.24) is 0 Å². The highest BCUT2D eigenvalue weighted by atomic mass is 35.5. The number of aryl methyl sites for hydroxylation is 1. The number of anilines is 1. The van der Waals surface area contributed by atoms with Crippen LogP contribution < -0.4 is 5.32 Å². The van der Waals surface area contributed by atoms with E-state index in [0.29, 0.717) is 16.3 Å². The SMILES string of the molecule is Cc1cccc(NC(C)c2ccccc2Cl)c1[N+](=O)[O-]. The summed E-state index contributed by atoms with van der Waals surface area (Å²) in [6.45, 7) is 3.65. The standard InChI is InChI=1S/C15H15ClN2O2/c1-10-6-5-9-14(15(10)18(19)20)17-11(2)12-7-3-4-8-13(12)16/h3-9,11,17H,1-2H3. The molecule has 4 nitrogen and oxygen atoms in total. The summed E-state index contributed by atoms with van der Waals surface area (Å²) in [5, 5.41) is 15.0. The van der Waals surface area contributed by atoms with Crippen molar-refractivity contribution in [3.63, 3.8) is 0 Å².